The van der Waals surface area contributed by atoms with Crippen molar-refractivity contribution in [3.63, 3.8) is 0 Å². The van der Waals surface area contributed by atoms with E-state index in [1.807, 2.05) is 0 Å². The molecule has 17 heavy (non-hydrogen) atoms. The second kappa shape index (κ2) is 5.72. The van der Waals surface area contributed by atoms with Crippen LogP contribution in [0.25, 0.3) is 0 Å². The van der Waals surface area contributed by atoms with Crippen molar-refractivity contribution in [3.8, 4) is 12.3 Å². The number of terminal acetylenes is 1. The minimum atomic E-state index is -1.19. The van der Waals surface area contributed by atoms with Crippen LogP contribution in [0, 0.1) is 12.3 Å². The summed E-state index contributed by atoms with van der Waals surface area (Å²) in [5, 5.41) is 11.0. The summed E-state index contributed by atoms with van der Waals surface area (Å²) in [4.78, 5) is 22.3. The van der Waals surface area contributed by atoms with E-state index >= 15 is 0 Å². The Hall–Kier alpha value is -2.26. The van der Waals surface area contributed by atoms with Gasteiger partial charge in [-0.1, -0.05) is 0 Å². The van der Waals surface area contributed by atoms with Gasteiger partial charge in [0, 0.05) is 6.42 Å². The first-order chi connectivity index (χ1) is 8.08. The fourth-order valence-electron chi connectivity index (χ4n) is 1.16. The molecule has 4 N–H and O–H groups in total. The SMILES string of the molecule is C#CCC(NC(=O)c1ccc(CN)o1)C(=O)O. The van der Waals surface area contributed by atoms with E-state index in [0.717, 1.165) is 0 Å². The summed E-state index contributed by atoms with van der Waals surface area (Å²) in [5.41, 5.74) is 5.31. The molecule has 0 aromatic carbocycles. The number of nitrogens with two attached hydrogens (primary N) is 1. The Kier molecular flexibility index (Phi) is 4.31. The van der Waals surface area contributed by atoms with Gasteiger partial charge in [-0.3, -0.25) is 4.79 Å². The molecule has 0 saturated carbocycles. The predicted octanol–water partition coefficient (Wildman–Crippen LogP) is -0.0554. The Balaban J connectivity index is 2.70. The quantitative estimate of drug-likeness (QED) is 0.621. The van der Waals surface area contributed by atoms with Gasteiger partial charge in [0.05, 0.1) is 6.54 Å². The van der Waals surface area contributed by atoms with Crippen molar-refractivity contribution in [2.24, 2.45) is 5.73 Å². The van der Waals surface area contributed by atoms with E-state index in [0.29, 0.717) is 5.76 Å². The van der Waals surface area contributed by atoms with Crippen molar-refractivity contribution in [1.29, 1.82) is 0 Å². The maximum Gasteiger partial charge on any atom is 0.327 e. The lowest BCUT2D eigenvalue weighted by atomic mass is 10.2. The number of carboxylic acids is 1. The van der Waals surface area contributed by atoms with Crippen molar-refractivity contribution < 1.29 is 19.1 Å². The van der Waals surface area contributed by atoms with Gasteiger partial charge in [0.25, 0.3) is 5.91 Å². The third kappa shape index (κ3) is 3.36. The lowest BCUT2D eigenvalue weighted by molar-refractivity contribution is -0.139. The Morgan fingerprint density at radius 1 is 1.59 bits per heavy atom. The van der Waals surface area contributed by atoms with Crippen LogP contribution in [0.3, 0.4) is 0 Å². The van der Waals surface area contributed by atoms with Gasteiger partial charge in [-0.15, -0.1) is 12.3 Å². The van der Waals surface area contributed by atoms with Gasteiger partial charge in [0.2, 0.25) is 0 Å². The minimum Gasteiger partial charge on any atom is -0.480 e. The average Bonchev–Trinajstić information content (AvgIpc) is 2.76. The number of rotatable bonds is 5. The molecule has 1 heterocycles. The van der Waals surface area contributed by atoms with E-state index < -0.39 is 17.9 Å². The molecule has 1 aromatic rings. The van der Waals surface area contributed by atoms with Crippen LogP contribution in [0.2, 0.25) is 0 Å². The van der Waals surface area contributed by atoms with Crippen LogP contribution < -0.4 is 11.1 Å². The molecule has 6 nitrogen and oxygen atoms in total. The molecule has 0 saturated heterocycles. The molecular weight excluding hydrogens is 224 g/mol. The third-order valence-corrected chi connectivity index (χ3v) is 2.01. The van der Waals surface area contributed by atoms with Crippen LogP contribution in [-0.2, 0) is 11.3 Å². The lowest BCUT2D eigenvalue weighted by Gasteiger charge is -2.10. The summed E-state index contributed by atoms with van der Waals surface area (Å²) in [7, 11) is 0. The summed E-state index contributed by atoms with van der Waals surface area (Å²) in [6, 6.07) is 1.84. The molecule has 0 spiro atoms. The van der Waals surface area contributed by atoms with E-state index in [-0.39, 0.29) is 18.7 Å². The summed E-state index contributed by atoms with van der Waals surface area (Å²) < 4.78 is 5.07. The molecule has 0 aliphatic rings. The van der Waals surface area contributed by atoms with E-state index in [2.05, 4.69) is 11.2 Å². The minimum absolute atomic E-state index is 0.00808. The van der Waals surface area contributed by atoms with Crippen LogP contribution in [0.1, 0.15) is 22.7 Å². The number of carboxylic acid groups (broad SMARTS) is 1. The molecule has 1 atom stereocenters. The number of nitrogens with one attached hydrogen (secondary N) is 1. The van der Waals surface area contributed by atoms with Crippen LogP contribution in [-0.4, -0.2) is 23.0 Å². The molecule has 1 amide bonds. The predicted molar refractivity (Wildman–Crippen MR) is 58.9 cm³/mol. The topological polar surface area (TPSA) is 106 Å². The lowest BCUT2D eigenvalue weighted by Crippen LogP contribution is -2.40. The zero-order valence-electron chi connectivity index (χ0n) is 8.97. The number of amides is 1. The Labute approximate surface area is 97.8 Å². The molecule has 0 fully saturated rings. The molecule has 0 bridgehead atoms. The number of hydrogen-bond donors (Lipinski definition) is 3. The monoisotopic (exact) mass is 236 g/mol. The second-order valence-electron chi connectivity index (χ2n) is 3.24. The Morgan fingerprint density at radius 3 is 2.76 bits per heavy atom. The Bertz CT molecular complexity index is 458. The van der Waals surface area contributed by atoms with Gasteiger partial charge in [-0.25, -0.2) is 4.79 Å². The van der Waals surface area contributed by atoms with Crippen LogP contribution >= 0.6 is 0 Å². The molecule has 0 aliphatic carbocycles. The number of hydrogen-bond acceptors (Lipinski definition) is 4. The van der Waals surface area contributed by atoms with Crippen molar-refractivity contribution >= 4 is 11.9 Å². The fraction of sp³-hybridized carbons (Fsp3) is 0.273. The van der Waals surface area contributed by atoms with Crippen molar-refractivity contribution in [1.82, 2.24) is 5.32 Å². The molecule has 90 valence electrons. The highest BCUT2D eigenvalue weighted by molar-refractivity contribution is 5.94. The first-order valence-electron chi connectivity index (χ1n) is 4.84. The van der Waals surface area contributed by atoms with E-state index in [1.165, 1.54) is 6.07 Å². The van der Waals surface area contributed by atoms with Gasteiger partial charge in [-0.05, 0) is 12.1 Å². The zero-order valence-corrected chi connectivity index (χ0v) is 8.97. The Morgan fingerprint density at radius 2 is 2.29 bits per heavy atom. The number of carbonyl (C=O) groups excluding carboxylic acids is 1. The van der Waals surface area contributed by atoms with Crippen LogP contribution in [0.5, 0.6) is 0 Å². The first kappa shape index (κ1) is 12.8. The largest absolute Gasteiger partial charge is 0.480 e. The first-order valence-corrected chi connectivity index (χ1v) is 4.84. The maximum absolute atomic E-state index is 11.6. The maximum atomic E-state index is 11.6. The molecular formula is C11H12N2O4. The highest BCUT2D eigenvalue weighted by Gasteiger charge is 2.21. The standard InChI is InChI=1S/C11H12N2O4/c1-2-3-8(11(15)16)13-10(14)9-5-4-7(6-12)17-9/h1,4-5,8H,3,6,12H2,(H,13,14)(H,15,16). The van der Waals surface area contributed by atoms with Crippen LogP contribution in [0.15, 0.2) is 16.5 Å². The molecule has 0 radical (unpaired) electrons. The third-order valence-electron chi connectivity index (χ3n) is 2.01. The summed E-state index contributed by atoms with van der Waals surface area (Å²) in [5.74, 6) is 0.803. The number of carbonyl (C=O) groups is 2. The highest BCUT2D eigenvalue weighted by Crippen LogP contribution is 2.07. The van der Waals surface area contributed by atoms with E-state index in [4.69, 9.17) is 21.7 Å². The van der Waals surface area contributed by atoms with Gasteiger partial charge < -0.3 is 20.6 Å². The molecule has 1 aromatic heterocycles. The molecule has 6 heteroatoms. The summed E-state index contributed by atoms with van der Waals surface area (Å²) in [6.45, 7) is 0.167. The fourth-order valence-corrected chi connectivity index (χ4v) is 1.16. The van der Waals surface area contributed by atoms with Crippen molar-refractivity contribution in [2.45, 2.75) is 19.0 Å². The average molecular weight is 236 g/mol. The van der Waals surface area contributed by atoms with E-state index in [9.17, 15) is 9.59 Å². The van der Waals surface area contributed by atoms with Gasteiger partial charge >= 0.3 is 5.97 Å². The van der Waals surface area contributed by atoms with Crippen molar-refractivity contribution in [3.05, 3.63) is 23.7 Å². The number of furan rings is 1. The summed E-state index contributed by atoms with van der Waals surface area (Å²) in [6.07, 6.45) is 4.91. The smallest absolute Gasteiger partial charge is 0.327 e. The van der Waals surface area contributed by atoms with Gasteiger partial charge in [0.15, 0.2) is 5.76 Å². The molecule has 1 rings (SSSR count). The van der Waals surface area contributed by atoms with Crippen LogP contribution in [0.4, 0.5) is 0 Å². The molecule has 0 aliphatic heterocycles. The molecule has 1 unspecified atom stereocenters. The second-order valence-corrected chi connectivity index (χ2v) is 3.24. The van der Waals surface area contributed by atoms with Gasteiger partial charge in [0.1, 0.15) is 11.8 Å². The number of aliphatic carboxylic acids is 1. The van der Waals surface area contributed by atoms with Gasteiger partial charge in [-0.2, -0.15) is 0 Å². The van der Waals surface area contributed by atoms with E-state index in [1.54, 1.807) is 6.07 Å². The highest BCUT2D eigenvalue weighted by atomic mass is 16.4. The summed E-state index contributed by atoms with van der Waals surface area (Å²) >= 11 is 0. The zero-order chi connectivity index (χ0) is 12.8. The normalized spacial score (nSPS) is 11.5. The van der Waals surface area contributed by atoms with Crippen molar-refractivity contribution in [2.75, 3.05) is 0 Å².